The summed E-state index contributed by atoms with van der Waals surface area (Å²) in [6, 6.07) is 10.2. The first kappa shape index (κ1) is 25.1. The van der Waals surface area contributed by atoms with Crippen LogP contribution in [0.25, 0.3) is 5.82 Å². The van der Waals surface area contributed by atoms with Crippen molar-refractivity contribution in [3.8, 4) is 5.82 Å². The maximum absolute atomic E-state index is 13.2. The second-order valence-corrected chi connectivity index (χ2v) is 9.85. The molecule has 0 saturated carbocycles. The molecule has 5 rings (SSSR count). The standard InChI is InChI=1S/C26H35N9O2/c1-18-13-21(30-22-15-19(2)32-33-22)31-24(14-18)34-11-7-26(37-3,8-12-34)25(36)28-17-20-5-6-23(27-16-20)35-10-4-9-29-35/h4-6,9-10,13-14,16,19,22,32-33H,7-8,11-12,15,17H2,1-3H3,(H,28,36)(H,30,31). The molecule has 11 heteroatoms. The van der Waals surface area contributed by atoms with Gasteiger partial charge in [0.2, 0.25) is 0 Å². The summed E-state index contributed by atoms with van der Waals surface area (Å²) in [5.41, 5.74) is 7.67. The van der Waals surface area contributed by atoms with Gasteiger partial charge < -0.3 is 20.3 Å². The number of nitrogens with zero attached hydrogens (tertiary/aromatic N) is 5. The number of carbonyl (C=O) groups excluding carboxylic acids is 1. The second kappa shape index (κ2) is 10.8. The van der Waals surface area contributed by atoms with Gasteiger partial charge in [-0.25, -0.2) is 20.1 Å². The van der Waals surface area contributed by atoms with Crippen molar-refractivity contribution in [2.24, 2.45) is 0 Å². The number of hydrogen-bond donors (Lipinski definition) is 4. The van der Waals surface area contributed by atoms with Crippen molar-refractivity contribution in [1.29, 1.82) is 0 Å². The molecule has 196 valence electrons. The van der Waals surface area contributed by atoms with Crippen LogP contribution in [-0.4, -0.2) is 63.7 Å². The van der Waals surface area contributed by atoms with Crippen LogP contribution in [0.5, 0.6) is 0 Å². The summed E-state index contributed by atoms with van der Waals surface area (Å²) < 4.78 is 7.51. The van der Waals surface area contributed by atoms with Gasteiger partial charge in [0.25, 0.3) is 5.91 Å². The van der Waals surface area contributed by atoms with Crippen LogP contribution in [0.15, 0.2) is 48.9 Å². The number of carbonyl (C=O) groups is 1. The highest BCUT2D eigenvalue weighted by atomic mass is 16.5. The lowest BCUT2D eigenvalue weighted by molar-refractivity contribution is -0.146. The molecule has 11 nitrogen and oxygen atoms in total. The Morgan fingerprint density at radius 3 is 2.70 bits per heavy atom. The number of hydrazine groups is 1. The Bertz CT molecular complexity index is 1190. The van der Waals surface area contributed by atoms with E-state index in [1.165, 1.54) is 0 Å². The number of pyridine rings is 2. The van der Waals surface area contributed by atoms with Gasteiger partial charge in [-0.2, -0.15) is 5.10 Å². The summed E-state index contributed by atoms with van der Waals surface area (Å²) in [4.78, 5) is 24.7. The van der Waals surface area contributed by atoms with Crippen molar-refractivity contribution in [2.45, 2.75) is 57.5 Å². The lowest BCUT2D eigenvalue weighted by Crippen LogP contribution is -2.55. The molecular formula is C26H35N9O2. The smallest absolute Gasteiger partial charge is 0.252 e. The quantitative estimate of drug-likeness (QED) is 0.364. The molecule has 2 saturated heterocycles. The molecule has 0 aromatic carbocycles. The van der Waals surface area contributed by atoms with Crippen molar-refractivity contribution in [3.05, 3.63) is 60.0 Å². The fraction of sp³-hybridized carbons (Fsp3) is 0.462. The molecule has 5 heterocycles. The largest absolute Gasteiger partial charge is 0.368 e. The molecule has 2 aliphatic heterocycles. The van der Waals surface area contributed by atoms with E-state index in [2.05, 4.69) is 62.4 Å². The topological polar surface area (TPSA) is 121 Å². The molecule has 0 spiro atoms. The van der Waals surface area contributed by atoms with Crippen LogP contribution in [0.1, 0.15) is 37.3 Å². The molecule has 1 amide bonds. The molecule has 4 N–H and O–H groups in total. The zero-order chi connectivity index (χ0) is 25.8. The van der Waals surface area contributed by atoms with Gasteiger partial charge in [0.1, 0.15) is 17.2 Å². The van der Waals surface area contributed by atoms with Crippen LogP contribution in [0.3, 0.4) is 0 Å². The third-order valence-electron chi connectivity index (χ3n) is 7.07. The average molecular weight is 506 g/mol. The van der Waals surface area contributed by atoms with Crippen molar-refractivity contribution in [3.63, 3.8) is 0 Å². The number of aromatic nitrogens is 4. The molecule has 2 aliphatic rings. The Morgan fingerprint density at radius 1 is 1.22 bits per heavy atom. The van der Waals surface area contributed by atoms with E-state index in [0.29, 0.717) is 38.5 Å². The maximum Gasteiger partial charge on any atom is 0.252 e. The molecular weight excluding hydrogens is 470 g/mol. The van der Waals surface area contributed by atoms with Crippen molar-refractivity contribution in [2.75, 3.05) is 30.4 Å². The van der Waals surface area contributed by atoms with Gasteiger partial charge in [-0.05, 0) is 55.7 Å². The number of methoxy groups -OCH3 is 1. The Hall–Kier alpha value is -3.54. The first-order valence-electron chi connectivity index (χ1n) is 12.7. The van der Waals surface area contributed by atoms with E-state index < -0.39 is 5.60 Å². The van der Waals surface area contributed by atoms with Gasteiger partial charge in [-0.15, -0.1) is 0 Å². The van der Waals surface area contributed by atoms with Gasteiger partial charge in [0, 0.05) is 64.2 Å². The van der Waals surface area contributed by atoms with Gasteiger partial charge in [0.15, 0.2) is 5.82 Å². The SMILES string of the molecule is COC1(C(=O)NCc2ccc(-n3cccn3)nc2)CCN(c2cc(C)cc(NC3CC(C)NN3)n2)CC1. The molecule has 0 aliphatic carbocycles. The summed E-state index contributed by atoms with van der Waals surface area (Å²) in [6.45, 7) is 5.96. The molecule has 2 unspecified atom stereocenters. The zero-order valence-electron chi connectivity index (χ0n) is 21.6. The molecule has 2 atom stereocenters. The number of anilines is 2. The van der Waals surface area contributed by atoms with E-state index in [0.717, 1.165) is 35.0 Å². The summed E-state index contributed by atoms with van der Waals surface area (Å²) in [5, 5.41) is 10.7. The minimum absolute atomic E-state index is 0.0979. The Balaban J connectivity index is 1.18. The first-order chi connectivity index (χ1) is 17.9. The highest BCUT2D eigenvalue weighted by Crippen LogP contribution is 2.30. The number of aryl methyl sites for hydroxylation is 1. The number of amides is 1. The van der Waals surface area contributed by atoms with E-state index in [-0.39, 0.29) is 12.1 Å². The minimum Gasteiger partial charge on any atom is -0.368 e. The monoisotopic (exact) mass is 505 g/mol. The van der Waals surface area contributed by atoms with Gasteiger partial charge in [-0.1, -0.05) is 6.07 Å². The van der Waals surface area contributed by atoms with Crippen LogP contribution in [0.4, 0.5) is 11.6 Å². The van der Waals surface area contributed by atoms with Gasteiger partial charge in [-0.3, -0.25) is 10.2 Å². The first-order valence-corrected chi connectivity index (χ1v) is 12.7. The number of ether oxygens (including phenoxy) is 1. The van der Waals surface area contributed by atoms with Crippen LogP contribution < -0.4 is 26.4 Å². The molecule has 37 heavy (non-hydrogen) atoms. The van der Waals surface area contributed by atoms with E-state index in [1.54, 1.807) is 24.2 Å². The minimum atomic E-state index is -0.862. The summed E-state index contributed by atoms with van der Waals surface area (Å²) in [5.74, 6) is 2.39. The van der Waals surface area contributed by atoms with Gasteiger partial charge in [0.05, 0.1) is 6.17 Å². The zero-order valence-corrected chi connectivity index (χ0v) is 21.6. The van der Waals surface area contributed by atoms with Crippen LogP contribution >= 0.6 is 0 Å². The fourth-order valence-corrected chi connectivity index (χ4v) is 4.90. The fourth-order valence-electron chi connectivity index (χ4n) is 4.90. The number of rotatable bonds is 8. The highest BCUT2D eigenvalue weighted by Gasteiger charge is 2.42. The third kappa shape index (κ3) is 5.74. The molecule has 3 aromatic rings. The van der Waals surface area contributed by atoms with Crippen LogP contribution in [0.2, 0.25) is 0 Å². The van der Waals surface area contributed by atoms with Crippen molar-refractivity contribution < 1.29 is 9.53 Å². The average Bonchev–Trinajstić information content (AvgIpc) is 3.59. The lowest BCUT2D eigenvalue weighted by Gasteiger charge is -2.40. The van der Waals surface area contributed by atoms with Crippen LogP contribution in [-0.2, 0) is 16.1 Å². The number of nitrogens with one attached hydrogen (secondary N) is 4. The van der Waals surface area contributed by atoms with E-state index in [1.807, 2.05) is 24.4 Å². The Morgan fingerprint density at radius 2 is 2.05 bits per heavy atom. The summed E-state index contributed by atoms with van der Waals surface area (Å²) >= 11 is 0. The van der Waals surface area contributed by atoms with E-state index in [4.69, 9.17) is 9.72 Å². The predicted octanol–water partition coefficient (Wildman–Crippen LogP) is 1.90. The number of piperidine rings is 1. The molecule has 0 bridgehead atoms. The summed E-state index contributed by atoms with van der Waals surface area (Å²) in [6.07, 6.45) is 7.58. The number of hydrogen-bond acceptors (Lipinski definition) is 9. The van der Waals surface area contributed by atoms with Gasteiger partial charge >= 0.3 is 0 Å². The summed E-state index contributed by atoms with van der Waals surface area (Å²) in [7, 11) is 1.62. The highest BCUT2D eigenvalue weighted by molar-refractivity contribution is 5.85. The predicted molar refractivity (Wildman–Crippen MR) is 141 cm³/mol. The maximum atomic E-state index is 13.2. The lowest BCUT2D eigenvalue weighted by atomic mass is 9.90. The van der Waals surface area contributed by atoms with Crippen molar-refractivity contribution in [1.82, 2.24) is 35.9 Å². The van der Waals surface area contributed by atoms with Crippen LogP contribution in [0, 0.1) is 6.92 Å². The molecule has 3 aromatic heterocycles. The molecule has 0 radical (unpaired) electrons. The van der Waals surface area contributed by atoms with E-state index in [9.17, 15) is 4.79 Å². The van der Waals surface area contributed by atoms with Crippen molar-refractivity contribution >= 4 is 17.5 Å². The molecule has 2 fully saturated rings. The Labute approximate surface area is 217 Å². The third-order valence-corrected chi connectivity index (χ3v) is 7.07. The normalized spacial score (nSPS) is 21.1. The second-order valence-electron chi connectivity index (χ2n) is 9.85. The van der Waals surface area contributed by atoms with E-state index >= 15 is 0 Å². The Kier molecular flexibility index (Phi) is 7.36.